The number of nitrogens with zero attached hydrogens (tertiary/aromatic N) is 1. The van der Waals surface area contributed by atoms with Gasteiger partial charge in [0.1, 0.15) is 0 Å². The molecular weight excluding hydrogens is 244 g/mol. The van der Waals surface area contributed by atoms with E-state index in [-0.39, 0.29) is 6.04 Å². The highest BCUT2D eigenvalue weighted by Crippen LogP contribution is 2.31. The third-order valence-corrected chi connectivity index (χ3v) is 4.47. The molecule has 1 aromatic heterocycles. The van der Waals surface area contributed by atoms with Crippen molar-refractivity contribution in [2.45, 2.75) is 38.8 Å². The predicted octanol–water partition coefficient (Wildman–Crippen LogP) is 2.80. The summed E-state index contributed by atoms with van der Waals surface area (Å²) in [5.74, 6) is 0. The Morgan fingerprint density at radius 1 is 1.50 bits per heavy atom. The van der Waals surface area contributed by atoms with Crippen LogP contribution in [0.2, 0.25) is 0 Å². The zero-order valence-corrected chi connectivity index (χ0v) is 12.8. The van der Waals surface area contributed by atoms with Crippen LogP contribution in [0.25, 0.3) is 0 Å². The van der Waals surface area contributed by atoms with Crippen molar-refractivity contribution in [3.05, 3.63) is 21.9 Å². The minimum Gasteiger partial charge on any atom is -0.385 e. The van der Waals surface area contributed by atoms with Gasteiger partial charge in [-0.05, 0) is 43.8 Å². The zero-order chi connectivity index (χ0) is 13.5. The van der Waals surface area contributed by atoms with E-state index in [1.54, 1.807) is 7.11 Å². The van der Waals surface area contributed by atoms with Crippen molar-refractivity contribution in [1.82, 2.24) is 4.90 Å². The van der Waals surface area contributed by atoms with E-state index in [4.69, 9.17) is 10.5 Å². The molecule has 104 valence electrons. The molecule has 2 unspecified atom stereocenters. The van der Waals surface area contributed by atoms with Gasteiger partial charge in [-0.15, -0.1) is 11.3 Å². The minimum absolute atomic E-state index is 0.190. The van der Waals surface area contributed by atoms with Gasteiger partial charge in [0.2, 0.25) is 0 Å². The second kappa shape index (κ2) is 7.89. The standard InChI is InChI=1S/C14H26N2OS/c1-5-12(15)13(14-11(2)7-10-18-14)16(3)8-6-9-17-4/h7,10,12-13H,5-6,8-9,15H2,1-4H3. The first kappa shape index (κ1) is 15.6. The highest BCUT2D eigenvalue weighted by atomic mass is 32.1. The van der Waals surface area contributed by atoms with Crippen LogP contribution in [0.4, 0.5) is 0 Å². The van der Waals surface area contributed by atoms with Crippen LogP contribution in [0.15, 0.2) is 11.4 Å². The largest absolute Gasteiger partial charge is 0.385 e. The van der Waals surface area contributed by atoms with E-state index in [0.29, 0.717) is 6.04 Å². The molecular formula is C14H26N2OS. The van der Waals surface area contributed by atoms with Crippen LogP contribution < -0.4 is 5.73 Å². The molecule has 0 aromatic carbocycles. The topological polar surface area (TPSA) is 38.5 Å². The molecule has 0 aliphatic carbocycles. The van der Waals surface area contributed by atoms with Crippen LogP contribution >= 0.6 is 11.3 Å². The summed E-state index contributed by atoms with van der Waals surface area (Å²) >= 11 is 1.82. The Kier molecular flexibility index (Phi) is 6.86. The van der Waals surface area contributed by atoms with Gasteiger partial charge in [0.05, 0.1) is 6.04 Å². The molecule has 2 N–H and O–H groups in total. The third-order valence-electron chi connectivity index (χ3n) is 3.38. The fraction of sp³-hybridized carbons (Fsp3) is 0.714. The number of thiophene rings is 1. The summed E-state index contributed by atoms with van der Waals surface area (Å²) < 4.78 is 5.12. The Hall–Kier alpha value is -0.420. The van der Waals surface area contributed by atoms with Gasteiger partial charge >= 0.3 is 0 Å². The molecule has 0 radical (unpaired) electrons. The SMILES string of the molecule is CCC(N)C(c1sccc1C)N(C)CCCOC. The molecule has 18 heavy (non-hydrogen) atoms. The van der Waals surface area contributed by atoms with Gasteiger partial charge in [-0.25, -0.2) is 0 Å². The second-order valence-corrected chi connectivity index (χ2v) is 5.76. The molecule has 0 bridgehead atoms. The van der Waals surface area contributed by atoms with Gasteiger partial charge in [0.15, 0.2) is 0 Å². The van der Waals surface area contributed by atoms with Crippen LogP contribution in [0.1, 0.15) is 36.2 Å². The highest BCUT2D eigenvalue weighted by Gasteiger charge is 2.25. The lowest BCUT2D eigenvalue weighted by Crippen LogP contribution is -2.39. The fourth-order valence-electron chi connectivity index (χ4n) is 2.23. The summed E-state index contributed by atoms with van der Waals surface area (Å²) in [4.78, 5) is 3.77. The first-order valence-corrected chi connectivity index (χ1v) is 7.48. The lowest BCUT2D eigenvalue weighted by Gasteiger charge is -2.32. The summed E-state index contributed by atoms with van der Waals surface area (Å²) in [6.07, 6.45) is 2.04. The van der Waals surface area contributed by atoms with Crippen LogP contribution in [0.3, 0.4) is 0 Å². The van der Waals surface area contributed by atoms with E-state index in [1.165, 1.54) is 10.4 Å². The molecule has 1 heterocycles. The number of hydrogen-bond acceptors (Lipinski definition) is 4. The number of ether oxygens (including phenoxy) is 1. The van der Waals surface area contributed by atoms with Crippen LogP contribution in [-0.4, -0.2) is 38.3 Å². The van der Waals surface area contributed by atoms with E-state index in [1.807, 2.05) is 11.3 Å². The maximum Gasteiger partial charge on any atom is 0.0593 e. The van der Waals surface area contributed by atoms with E-state index in [0.717, 1.165) is 26.0 Å². The molecule has 0 saturated heterocycles. The molecule has 0 fully saturated rings. The number of aryl methyl sites for hydroxylation is 1. The van der Waals surface area contributed by atoms with Crippen molar-refractivity contribution in [2.24, 2.45) is 5.73 Å². The number of likely N-dealkylation sites (N-methyl/N-ethyl adjacent to an activating group) is 1. The summed E-state index contributed by atoms with van der Waals surface area (Å²) in [5, 5.41) is 2.16. The van der Waals surface area contributed by atoms with Crippen molar-refractivity contribution in [3.8, 4) is 0 Å². The minimum atomic E-state index is 0.190. The zero-order valence-electron chi connectivity index (χ0n) is 12.0. The molecule has 1 aromatic rings. The fourth-order valence-corrected chi connectivity index (χ4v) is 3.40. The maximum absolute atomic E-state index is 6.32. The smallest absolute Gasteiger partial charge is 0.0593 e. The Balaban J connectivity index is 2.75. The average Bonchev–Trinajstić information content (AvgIpc) is 2.76. The van der Waals surface area contributed by atoms with Crippen molar-refractivity contribution < 1.29 is 4.74 Å². The molecule has 2 atom stereocenters. The summed E-state index contributed by atoms with van der Waals surface area (Å²) in [7, 11) is 3.91. The molecule has 0 saturated carbocycles. The lowest BCUT2D eigenvalue weighted by molar-refractivity contribution is 0.156. The molecule has 1 rings (SSSR count). The number of nitrogens with two attached hydrogens (primary N) is 1. The molecule has 0 aliphatic heterocycles. The molecule has 0 spiro atoms. The summed E-state index contributed by atoms with van der Waals surface area (Å²) in [6.45, 7) is 6.15. The van der Waals surface area contributed by atoms with Crippen LogP contribution in [-0.2, 0) is 4.74 Å². The predicted molar refractivity (Wildman–Crippen MR) is 79.2 cm³/mol. The number of methoxy groups -OCH3 is 1. The Morgan fingerprint density at radius 3 is 2.72 bits per heavy atom. The monoisotopic (exact) mass is 270 g/mol. The highest BCUT2D eigenvalue weighted by molar-refractivity contribution is 7.10. The number of rotatable bonds is 8. The van der Waals surface area contributed by atoms with E-state index < -0.39 is 0 Å². The quantitative estimate of drug-likeness (QED) is 0.738. The Morgan fingerprint density at radius 2 is 2.22 bits per heavy atom. The van der Waals surface area contributed by atoms with Gasteiger partial charge in [0.25, 0.3) is 0 Å². The van der Waals surface area contributed by atoms with Crippen LogP contribution in [0.5, 0.6) is 0 Å². The van der Waals surface area contributed by atoms with Gasteiger partial charge in [-0.1, -0.05) is 6.92 Å². The molecule has 4 heteroatoms. The molecule has 3 nitrogen and oxygen atoms in total. The average molecular weight is 270 g/mol. The van der Waals surface area contributed by atoms with Crippen molar-refractivity contribution in [2.75, 3.05) is 27.3 Å². The van der Waals surface area contributed by atoms with Crippen LogP contribution in [0, 0.1) is 6.92 Å². The van der Waals surface area contributed by atoms with E-state index in [9.17, 15) is 0 Å². The molecule has 0 aliphatic rings. The third kappa shape index (κ3) is 4.05. The van der Waals surface area contributed by atoms with Crippen molar-refractivity contribution in [1.29, 1.82) is 0 Å². The molecule has 0 amide bonds. The van der Waals surface area contributed by atoms with Crippen molar-refractivity contribution in [3.63, 3.8) is 0 Å². The number of hydrogen-bond donors (Lipinski definition) is 1. The first-order valence-electron chi connectivity index (χ1n) is 6.60. The first-order chi connectivity index (χ1) is 8.61. The summed E-state index contributed by atoms with van der Waals surface area (Å²) in [5.41, 5.74) is 7.67. The Labute approximate surface area is 115 Å². The van der Waals surface area contributed by atoms with Crippen molar-refractivity contribution >= 4 is 11.3 Å². The second-order valence-electron chi connectivity index (χ2n) is 4.81. The van der Waals surface area contributed by atoms with Gasteiger partial charge in [0, 0.05) is 31.2 Å². The Bertz CT molecular complexity index is 340. The summed E-state index contributed by atoms with van der Waals surface area (Å²) in [6, 6.07) is 2.69. The van der Waals surface area contributed by atoms with Gasteiger partial charge < -0.3 is 10.5 Å². The van der Waals surface area contributed by atoms with Gasteiger partial charge in [-0.3, -0.25) is 4.90 Å². The van der Waals surface area contributed by atoms with E-state index in [2.05, 4.69) is 37.2 Å². The normalized spacial score (nSPS) is 15.0. The van der Waals surface area contributed by atoms with E-state index >= 15 is 0 Å². The lowest BCUT2D eigenvalue weighted by atomic mass is 10.0. The maximum atomic E-state index is 6.32. The van der Waals surface area contributed by atoms with Gasteiger partial charge in [-0.2, -0.15) is 0 Å².